The fraction of sp³-hybridized carbons (Fsp3) is 0.552. The number of aliphatic hydroxyl groups is 1. The highest BCUT2D eigenvalue weighted by molar-refractivity contribution is 5.84. The Morgan fingerprint density at radius 3 is 2.21 bits per heavy atom. The molecule has 0 unspecified atom stereocenters. The van der Waals surface area contributed by atoms with Gasteiger partial charge in [-0.15, -0.1) is 0 Å². The molecule has 0 radical (unpaired) electrons. The van der Waals surface area contributed by atoms with Crippen molar-refractivity contribution in [2.24, 2.45) is 11.3 Å². The number of nitrogens with one attached hydrogen (secondary N) is 1. The molecule has 2 aromatic rings. The van der Waals surface area contributed by atoms with Crippen molar-refractivity contribution >= 4 is 5.91 Å². The predicted octanol–water partition coefficient (Wildman–Crippen LogP) is 5.39. The maximum Gasteiger partial charge on any atom is 0.230 e. The van der Waals surface area contributed by atoms with E-state index in [1.165, 1.54) is 38.5 Å². The number of aliphatic hydroxyl groups excluding tert-OH is 1. The molecule has 2 atom stereocenters. The minimum Gasteiger partial charge on any atom is -0.493 e. The molecule has 3 aliphatic carbocycles. The SMILES string of the molecule is COC(C)(C)[C@H](NC(=O)[C@@H](CO)c1ccccc1)c1ccc(OCC23CCC(CC2)CC3)cc1. The van der Waals surface area contributed by atoms with Crippen molar-refractivity contribution in [3.05, 3.63) is 65.7 Å². The van der Waals surface area contributed by atoms with Gasteiger partial charge < -0.3 is 19.9 Å². The Morgan fingerprint density at radius 2 is 1.65 bits per heavy atom. The Bertz CT molecular complexity index is 919. The van der Waals surface area contributed by atoms with E-state index in [1.807, 2.05) is 68.4 Å². The molecule has 5 heteroatoms. The fourth-order valence-corrected chi connectivity index (χ4v) is 5.59. The predicted molar refractivity (Wildman–Crippen MR) is 134 cm³/mol. The summed E-state index contributed by atoms with van der Waals surface area (Å²) in [5.74, 6) is 0.952. The van der Waals surface area contributed by atoms with Crippen LogP contribution in [0, 0.1) is 11.3 Å². The summed E-state index contributed by atoms with van der Waals surface area (Å²) in [4.78, 5) is 13.2. The standard InChI is InChI=1S/C29H39NO4/c1-28(2,33-3)26(30-27(32)25(19-31)22-7-5-4-6-8-22)23-9-11-24(12-10-23)34-20-29-16-13-21(14-17-29)15-18-29/h4-12,21,25-26,31H,13-20H2,1-3H3,(H,30,32)/t21?,25-,26+,29?/m0/s1. The topological polar surface area (TPSA) is 67.8 Å². The first-order chi connectivity index (χ1) is 16.4. The van der Waals surface area contributed by atoms with Gasteiger partial charge in [-0.2, -0.15) is 0 Å². The second-order valence-corrected chi connectivity index (χ2v) is 10.7. The van der Waals surface area contributed by atoms with Crippen LogP contribution in [0.5, 0.6) is 5.75 Å². The van der Waals surface area contributed by atoms with E-state index >= 15 is 0 Å². The molecule has 2 aromatic carbocycles. The van der Waals surface area contributed by atoms with E-state index in [2.05, 4.69) is 5.32 Å². The van der Waals surface area contributed by atoms with Crippen LogP contribution in [-0.4, -0.2) is 36.9 Å². The molecular formula is C29H39NO4. The van der Waals surface area contributed by atoms with Gasteiger partial charge in [0.1, 0.15) is 5.75 Å². The number of fused-ring (bicyclic) bond motifs is 3. The smallest absolute Gasteiger partial charge is 0.230 e. The van der Waals surface area contributed by atoms with Crippen LogP contribution in [0.25, 0.3) is 0 Å². The second kappa shape index (κ2) is 10.5. The van der Waals surface area contributed by atoms with E-state index < -0.39 is 11.5 Å². The van der Waals surface area contributed by atoms with E-state index in [-0.39, 0.29) is 18.6 Å². The Balaban J connectivity index is 1.46. The number of methoxy groups -OCH3 is 1. The van der Waals surface area contributed by atoms with Gasteiger partial charge in [0.15, 0.2) is 0 Å². The summed E-state index contributed by atoms with van der Waals surface area (Å²) in [5.41, 5.74) is 1.44. The van der Waals surface area contributed by atoms with Gasteiger partial charge in [-0.05, 0) is 81.5 Å². The van der Waals surface area contributed by atoms with Gasteiger partial charge in [-0.1, -0.05) is 42.5 Å². The highest BCUT2D eigenvalue weighted by atomic mass is 16.5. The van der Waals surface area contributed by atoms with Crippen molar-refractivity contribution in [1.29, 1.82) is 0 Å². The molecule has 0 aliphatic heterocycles. The fourth-order valence-electron chi connectivity index (χ4n) is 5.59. The molecule has 5 rings (SSSR count). The summed E-state index contributed by atoms with van der Waals surface area (Å²) in [6, 6.07) is 17.0. The number of ether oxygens (including phenoxy) is 2. The number of rotatable bonds is 10. The molecule has 0 heterocycles. The van der Waals surface area contributed by atoms with Crippen LogP contribution in [0.15, 0.2) is 54.6 Å². The first-order valence-electron chi connectivity index (χ1n) is 12.6. The Morgan fingerprint density at radius 1 is 1.03 bits per heavy atom. The molecule has 2 bridgehead atoms. The van der Waals surface area contributed by atoms with Gasteiger partial charge in [0.05, 0.1) is 30.8 Å². The average Bonchev–Trinajstić information content (AvgIpc) is 2.88. The van der Waals surface area contributed by atoms with Gasteiger partial charge in [0.2, 0.25) is 5.91 Å². The zero-order chi connectivity index (χ0) is 24.2. The zero-order valence-corrected chi connectivity index (χ0v) is 20.8. The number of hydrogen-bond donors (Lipinski definition) is 2. The van der Waals surface area contributed by atoms with Gasteiger partial charge >= 0.3 is 0 Å². The number of carbonyl (C=O) groups is 1. The number of amides is 1. The van der Waals surface area contributed by atoms with Crippen LogP contribution < -0.4 is 10.1 Å². The summed E-state index contributed by atoms with van der Waals surface area (Å²) < 4.78 is 12.0. The quantitative estimate of drug-likeness (QED) is 0.493. The largest absolute Gasteiger partial charge is 0.493 e. The van der Waals surface area contributed by atoms with E-state index in [0.717, 1.165) is 29.4 Å². The van der Waals surface area contributed by atoms with E-state index in [1.54, 1.807) is 7.11 Å². The lowest BCUT2D eigenvalue weighted by molar-refractivity contribution is -0.126. The lowest BCUT2D eigenvalue weighted by Crippen LogP contribution is -2.45. The Labute approximate surface area is 203 Å². The van der Waals surface area contributed by atoms with E-state index in [9.17, 15) is 9.90 Å². The molecule has 0 aromatic heterocycles. The third-order valence-corrected chi connectivity index (χ3v) is 8.22. The van der Waals surface area contributed by atoms with Crippen molar-refractivity contribution in [2.45, 2.75) is 69.9 Å². The summed E-state index contributed by atoms with van der Waals surface area (Å²) in [7, 11) is 1.65. The molecular weight excluding hydrogens is 426 g/mol. The van der Waals surface area contributed by atoms with Crippen molar-refractivity contribution in [1.82, 2.24) is 5.32 Å². The normalized spacial score (nSPS) is 23.8. The minimum absolute atomic E-state index is 0.226. The molecule has 5 nitrogen and oxygen atoms in total. The minimum atomic E-state index is -0.644. The van der Waals surface area contributed by atoms with Gasteiger partial charge in [-0.25, -0.2) is 0 Å². The first-order valence-corrected chi connectivity index (χ1v) is 12.6. The Hall–Kier alpha value is -2.37. The summed E-state index contributed by atoms with van der Waals surface area (Å²) in [5, 5.41) is 13.1. The summed E-state index contributed by atoms with van der Waals surface area (Å²) >= 11 is 0. The monoisotopic (exact) mass is 465 g/mol. The molecule has 1 amide bonds. The molecule has 34 heavy (non-hydrogen) atoms. The van der Waals surface area contributed by atoms with Crippen molar-refractivity contribution in [2.75, 3.05) is 20.3 Å². The summed E-state index contributed by atoms with van der Waals surface area (Å²) in [6.45, 7) is 4.44. The zero-order valence-electron chi connectivity index (χ0n) is 20.8. The number of benzene rings is 2. The third-order valence-electron chi connectivity index (χ3n) is 8.22. The molecule has 0 spiro atoms. The maximum absolute atomic E-state index is 13.2. The van der Waals surface area contributed by atoms with Crippen molar-refractivity contribution < 1.29 is 19.4 Å². The van der Waals surface area contributed by atoms with E-state index in [4.69, 9.17) is 9.47 Å². The average molecular weight is 466 g/mol. The maximum atomic E-state index is 13.2. The Kier molecular flexibility index (Phi) is 7.63. The summed E-state index contributed by atoms with van der Waals surface area (Å²) in [6.07, 6.45) is 7.94. The van der Waals surface area contributed by atoms with Crippen LogP contribution in [0.2, 0.25) is 0 Å². The molecule has 0 saturated heterocycles. The highest BCUT2D eigenvalue weighted by Crippen LogP contribution is 2.50. The van der Waals surface area contributed by atoms with Crippen LogP contribution in [0.3, 0.4) is 0 Å². The van der Waals surface area contributed by atoms with Crippen LogP contribution in [-0.2, 0) is 9.53 Å². The molecule has 3 fully saturated rings. The van der Waals surface area contributed by atoms with Gasteiger partial charge in [0.25, 0.3) is 0 Å². The van der Waals surface area contributed by atoms with Crippen molar-refractivity contribution in [3.63, 3.8) is 0 Å². The third kappa shape index (κ3) is 5.47. The molecule has 3 aliphatic rings. The van der Waals surface area contributed by atoms with E-state index in [0.29, 0.717) is 5.41 Å². The van der Waals surface area contributed by atoms with Crippen LogP contribution in [0.4, 0.5) is 0 Å². The van der Waals surface area contributed by atoms with Crippen LogP contribution in [0.1, 0.15) is 75.5 Å². The highest BCUT2D eigenvalue weighted by Gasteiger charge is 2.41. The van der Waals surface area contributed by atoms with Gasteiger partial charge in [-0.3, -0.25) is 4.79 Å². The number of carbonyl (C=O) groups excluding carboxylic acids is 1. The van der Waals surface area contributed by atoms with Gasteiger partial charge in [0, 0.05) is 12.5 Å². The second-order valence-electron chi connectivity index (χ2n) is 10.7. The number of hydrogen-bond acceptors (Lipinski definition) is 4. The van der Waals surface area contributed by atoms with Crippen LogP contribution >= 0.6 is 0 Å². The molecule has 2 N–H and O–H groups in total. The molecule has 184 valence electrons. The first kappa shape index (κ1) is 24.7. The lowest BCUT2D eigenvalue weighted by Gasteiger charge is -2.46. The van der Waals surface area contributed by atoms with Crippen molar-refractivity contribution in [3.8, 4) is 5.75 Å². The molecule has 3 saturated carbocycles. The lowest BCUT2D eigenvalue weighted by atomic mass is 9.61.